The van der Waals surface area contributed by atoms with E-state index in [9.17, 15) is 4.79 Å². The third-order valence-corrected chi connectivity index (χ3v) is 1.68. The van der Waals surface area contributed by atoms with Crippen molar-refractivity contribution in [3.63, 3.8) is 0 Å². The molecule has 0 aromatic heterocycles. The van der Waals surface area contributed by atoms with E-state index in [4.69, 9.17) is 9.78 Å². The number of hydrogen-bond acceptors (Lipinski definition) is 4. The molecule has 0 unspecified atom stereocenters. The summed E-state index contributed by atoms with van der Waals surface area (Å²) >= 11 is 0. The molecule has 0 amide bonds. The first kappa shape index (κ1) is 9.95. The third kappa shape index (κ3) is 3.01. The topological polar surface area (TPSA) is 44.8 Å². The second-order valence-electron chi connectivity index (χ2n) is 2.62. The van der Waals surface area contributed by atoms with Gasteiger partial charge in [-0.2, -0.15) is 0 Å². The Balaban J connectivity index is 2.35. The maximum atomic E-state index is 10.7. The molecule has 0 aromatic carbocycles. The lowest BCUT2D eigenvalue weighted by molar-refractivity contribution is -0.280. The Morgan fingerprint density at radius 1 is 1.54 bits per heavy atom. The number of carbonyl (C=O) groups excluding carboxylic acids is 1. The van der Waals surface area contributed by atoms with Crippen molar-refractivity contribution in [2.75, 3.05) is 7.11 Å². The zero-order valence-electron chi connectivity index (χ0n) is 7.43. The Labute approximate surface area is 76.7 Å². The molecule has 1 aliphatic heterocycles. The highest BCUT2D eigenvalue weighted by molar-refractivity contribution is 5.81. The largest absolute Gasteiger partial charge is 0.466 e. The van der Waals surface area contributed by atoms with Crippen LogP contribution in [0.2, 0.25) is 0 Å². The molecule has 4 heteroatoms. The molecule has 4 nitrogen and oxygen atoms in total. The van der Waals surface area contributed by atoms with Gasteiger partial charge in [-0.05, 0) is 6.08 Å². The van der Waals surface area contributed by atoms with E-state index in [1.807, 2.05) is 0 Å². The molecule has 1 fully saturated rings. The summed E-state index contributed by atoms with van der Waals surface area (Å²) < 4.78 is 4.42. The van der Waals surface area contributed by atoms with Crippen LogP contribution in [-0.2, 0) is 19.3 Å². The van der Waals surface area contributed by atoms with E-state index < -0.39 is 5.97 Å². The summed E-state index contributed by atoms with van der Waals surface area (Å²) in [7, 11) is 1.32. The third-order valence-electron chi connectivity index (χ3n) is 1.68. The Morgan fingerprint density at radius 2 is 2.23 bits per heavy atom. The lowest BCUT2D eigenvalue weighted by atomic mass is 10.1. The molecule has 0 aromatic rings. The number of ether oxygens (including phenoxy) is 1. The molecule has 0 saturated carbocycles. The van der Waals surface area contributed by atoms with Crippen molar-refractivity contribution in [2.24, 2.45) is 0 Å². The van der Waals surface area contributed by atoms with Crippen molar-refractivity contribution in [1.29, 1.82) is 0 Å². The molecule has 1 saturated heterocycles. The molecule has 0 aliphatic carbocycles. The van der Waals surface area contributed by atoms with Crippen LogP contribution in [0.4, 0.5) is 0 Å². The first-order valence-electron chi connectivity index (χ1n) is 3.97. The number of carbonyl (C=O) groups is 1. The average Bonchev–Trinajstić information content (AvgIpc) is 2.61. The van der Waals surface area contributed by atoms with Gasteiger partial charge >= 0.3 is 5.97 Å². The molecule has 0 radical (unpaired) electrons. The molecular weight excluding hydrogens is 172 g/mol. The maximum Gasteiger partial charge on any atom is 0.330 e. The predicted octanol–water partition coefficient (Wildman–Crippen LogP) is 0.991. The standard InChI is InChI=1S/C9H12O4/c1-3-7-6-8(13-12-7)4-5-9(10)11-2/h3-5,7-8H,1,6H2,2H3/b5-4+/t7-,8-/m1/s1. The van der Waals surface area contributed by atoms with Crippen LogP contribution in [0.5, 0.6) is 0 Å². The van der Waals surface area contributed by atoms with Gasteiger partial charge in [-0.15, -0.1) is 6.58 Å². The maximum absolute atomic E-state index is 10.7. The second kappa shape index (κ2) is 4.79. The molecule has 0 bridgehead atoms. The van der Waals surface area contributed by atoms with Crippen molar-refractivity contribution in [2.45, 2.75) is 18.6 Å². The van der Waals surface area contributed by atoms with Gasteiger partial charge in [0.15, 0.2) is 0 Å². The number of hydrogen-bond donors (Lipinski definition) is 0. The first-order valence-corrected chi connectivity index (χ1v) is 3.97. The zero-order valence-corrected chi connectivity index (χ0v) is 7.43. The van der Waals surface area contributed by atoms with Gasteiger partial charge in [0.25, 0.3) is 0 Å². The number of esters is 1. The van der Waals surface area contributed by atoms with Crippen molar-refractivity contribution < 1.29 is 19.3 Å². The highest BCUT2D eigenvalue weighted by atomic mass is 17.2. The Kier molecular flexibility index (Phi) is 3.67. The summed E-state index contributed by atoms with van der Waals surface area (Å²) in [5.74, 6) is -0.398. The predicted molar refractivity (Wildman–Crippen MR) is 45.7 cm³/mol. The van der Waals surface area contributed by atoms with Crippen molar-refractivity contribution >= 4 is 5.97 Å². The van der Waals surface area contributed by atoms with Crippen molar-refractivity contribution in [3.05, 3.63) is 24.8 Å². The number of methoxy groups -OCH3 is 1. The van der Waals surface area contributed by atoms with Crippen molar-refractivity contribution in [1.82, 2.24) is 0 Å². The fraction of sp³-hybridized carbons (Fsp3) is 0.444. The highest BCUT2D eigenvalue weighted by Gasteiger charge is 2.22. The van der Waals surface area contributed by atoms with Gasteiger partial charge in [0.2, 0.25) is 0 Å². The van der Waals surface area contributed by atoms with Crippen LogP contribution in [0.25, 0.3) is 0 Å². The first-order chi connectivity index (χ1) is 6.26. The molecule has 2 atom stereocenters. The van der Waals surface area contributed by atoms with Gasteiger partial charge in [-0.25, -0.2) is 14.6 Å². The lowest BCUT2D eigenvalue weighted by Crippen LogP contribution is -2.03. The molecule has 72 valence electrons. The molecular formula is C9H12O4. The van der Waals surface area contributed by atoms with Crippen LogP contribution < -0.4 is 0 Å². The molecule has 0 N–H and O–H groups in total. The minimum atomic E-state index is -0.398. The summed E-state index contributed by atoms with van der Waals surface area (Å²) in [4.78, 5) is 20.4. The van der Waals surface area contributed by atoms with E-state index in [1.165, 1.54) is 13.2 Å². The van der Waals surface area contributed by atoms with Gasteiger partial charge in [-0.1, -0.05) is 6.08 Å². The fourth-order valence-corrected chi connectivity index (χ4v) is 0.950. The van der Waals surface area contributed by atoms with E-state index >= 15 is 0 Å². The summed E-state index contributed by atoms with van der Waals surface area (Å²) in [6.45, 7) is 3.57. The van der Waals surface area contributed by atoms with E-state index in [1.54, 1.807) is 12.2 Å². The molecule has 1 aliphatic rings. The second-order valence-corrected chi connectivity index (χ2v) is 2.62. The van der Waals surface area contributed by atoms with Gasteiger partial charge in [0.05, 0.1) is 7.11 Å². The van der Waals surface area contributed by atoms with Crippen LogP contribution in [0, 0.1) is 0 Å². The highest BCUT2D eigenvalue weighted by Crippen LogP contribution is 2.18. The van der Waals surface area contributed by atoms with Crippen LogP contribution in [0.15, 0.2) is 24.8 Å². The summed E-state index contributed by atoms with van der Waals surface area (Å²) in [6, 6.07) is 0. The van der Waals surface area contributed by atoms with Crippen LogP contribution in [0.1, 0.15) is 6.42 Å². The molecule has 1 heterocycles. The van der Waals surface area contributed by atoms with Crippen LogP contribution in [-0.4, -0.2) is 25.3 Å². The minimum Gasteiger partial charge on any atom is -0.466 e. The van der Waals surface area contributed by atoms with Gasteiger partial charge in [0, 0.05) is 12.5 Å². The molecule has 0 spiro atoms. The van der Waals surface area contributed by atoms with Crippen molar-refractivity contribution in [3.8, 4) is 0 Å². The normalized spacial score (nSPS) is 27.8. The van der Waals surface area contributed by atoms with Gasteiger partial charge in [-0.3, -0.25) is 0 Å². The van der Waals surface area contributed by atoms with E-state index in [0.29, 0.717) is 6.42 Å². The number of rotatable bonds is 3. The SMILES string of the molecule is C=C[C@@H]1C[C@@H](/C=C/C(=O)OC)OO1. The monoisotopic (exact) mass is 184 g/mol. The summed E-state index contributed by atoms with van der Waals surface area (Å²) in [6.07, 6.45) is 4.98. The Bertz CT molecular complexity index is 222. The zero-order chi connectivity index (χ0) is 9.68. The minimum absolute atomic E-state index is 0.0905. The van der Waals surface area contributed by atoms with Gasteiger partial charge < -0.3 is 4.74 Å². The van der Waals surface area contributed by atoms with E-state index in [0.717, 1.165) is 0 Å². The quantitative estimate of drug-likeness (QED) is 0.284. The smallest absolute Gasteiger partial charge is 0.330 e. The van der Waals surface area contributed by atoms with Crippen LogP contribution >= 0.6 is 0 Å². The van der Waals surface area contributed by atoms with E-state index in [-0.39, 0.29) is 12.2 Å². The molecule has 13 heavy (non-hydrogen) atoms. The fourth-order valence-electron chi connectivity index (χ4n) is 0.950. The van der Waals surface area contributed by atoms with Gasteiger partial charge in [0.1, 0.15) is 12.2 Å². The summed E-state index contributed by atoms with van der Waals surface area (Å²) in [5, 5.41) is 0. The van der Waals surface area contributed by atoms with E-state index in [2.05, 4.69) is 11.3 Å². The Hall–Kier alpha value is -1.13. The Morgan fingerprint density at radius 3 is 2.77 bits per heavy atom. The summed E-state index contributed by atoms with van der Waals surface area (Å²) in [5.41, 5.74) is 0. The average molecular weight is 184 g/mol. The van der Waals surface area contributed by atoms with Crippen LogP contribution in [0.3, 0.4) is 0 Å². The molecule has 1 rings (SSSR count). The lowest BCUT2D eigenvalue weighted by Gasteiger charge is -1.96.